The standard InChI is InChI=1S/C18H26N6O.HI/c1-4-10-19-18(20-11-12-24-14-22-23-17(24)5-2)21-13-15-6-8-16(25-3)9-7-15;/h4,6-9,14H,1,5,10-13H2,2-3H3,(H2,19,20,21);1H. The lowest BCUT2D eigenvalue weighted by Crippen LogP contribution is -2.39. The van der Waals surface area contributed by atoms with E-state index in [0.717, 1.165) is 42.6 Å². The Bertz CT molecular complexity index is 683. The molecule has 0 spiro atoms. The van der Waals surface area contributed by atoms with Gasteiger partial charge < -0.3 is 19.9 Å². The third-order valence-electron chi connectivity index (χ3n) is 3.65. The normalized spacial score (nSPS) is 10.8. The predicted octanol–water partition coefficient (Wildman–Crippen LogP) is 2.39. The van der Waals surface area contributed by atoms with Crippen molar-refractivity contribution in [1.29, 1.82) is 0 Å². The Labute approximate surface area is 172 Å². The molecule has 2 N–H and O–H groups in total. The minimum Gasteiger partial charge on any atom is -0.497 e. The quantitative estimate of drug-likeness (QED) is 0.255. The van der Waals surface area contributed by atoms with Crippen LogP contribution in [0.1, 0.15) is 18.3 Å². The van der Waals surface area contributed by atoms with E-state index in [4.69, 9.17) is 4.74 Å². The molecule has 1 aromatic heterocycles. The van der Waals surface area contributed by atoms with Crippen molar-refractivity contribution in [1.82, 2.24) is 25.4 Å². The molecule has 1 aromatic carbocycles. The monoisotopic (exact) mass is 470 g/mol. The Morgan fingerprint density at radius 1 is 1.31 bits per heavy atom. The highest BCUT2D eigenvalue weighted by atomic mass is 127. The zero-order chi connectivity index (χ0) is 17.9. The molecule has 0 amide bonds. The van der Waals surface area contributed by atoms with E-state index in [-0.39, 0.29) is 24.0 Å². The molecule has 0 saturated carbocycles. The second kappa shape index (κ2) is 12.3. The van der Waals surface area contributed by atoms with Crippen LogP contribution in [0, 0.1) is 0 Å². The van der Waals surface area contributed by atoms with Crippen molar-refractivity contribution in [3.63, 3.8) is 0 Å². The summed E-state index contributed by atoms with van der Waals surface area (Å²) in [5, 5.41) is 14.6. The molecule has 2 aromatic rings. The molecule has 0 aliphatic rings. The van der Waals surface area contributed by atoms with Gasteiger partial charge in [-0.1, -0.05) is 25.1 Å². The van der Waals surface area contributed by atoms with Crippen molar-refractivity contribution < 1.29 is 4.74 Å². The van der Waals surface area contributed by atoms with Crippen LogP contribution in [0.25, 0.3) is 0 Å². The van der Waals surface area contributed by atoms with Crippen molar-refractivity contribution in [2.75, 3.05) is 20.2 Å². The highest BCUT2D eigenvalue weighted by molar-refractivity contribution is 14.0. The third kappa shape index (κ3) is 7.03. The van der Waals surface area contributed by atoms with Crippen LogP contribution >= 0.6 is 24.0 Å². The molecule has 1 heterocycles. The van der Waals surface area contributed by atoms with Gasteiger partial charge in [0.1, 0.15) is 17.9 Å². The summed E-state index contributed by atoms with van der Waals surface area (Å²) in [4.78, 5) is 4.61. The number of benzene rings is 1. The molecular weight excluding hydrogens is 443 g/mol. The van der Waals surface area contributed by atoms with Crippen LogP contribution in [0.15, 0.2) is 48.2 Å². The zero-order valence-electron chi connectivity index (χ0n) is 15.3. The fraction of sp³-hybridized carbons (Fsp3) is 0.389. The summed E-state index contributed by atoms with van der Waals surface area (Å²) in [5.74, 6) is 2.58. The SMILES string of the molecule is C=CCNC(=NCc1ccc(OC)cc1)NCCn1cnnc1CC.I. The Balaban J connectivity index is 0.00000338. The smallest absolute Gasteiger partial charge is 0.191 e. The number of hydrogen-bond acceptors (Lipinski definition) is 4. The van der Waals surface area contributed by atoms with Crippen molar-refractivity contribution in [3.05, 3.63) is 54.6 Å². The predicted molar refractivity (Wildman–Crippen MR) is 115 cm³/mol. The van der Waals surface area contributed by atoms with Crippen LogP contribution in [-0.4, -0.2) is 40.9 Å². The Morgan fingerprint density at radius 3 is 2.73 bits per heavy atom. The van der Waals surface area contributed by atoms with Crippen LogP contribution in [0.3, 0.4) is 0 Å². The number of methoxy groups -OCH3 is 1. The van der Waals surface area contributed by atoms with E-state index in [1.165, 1.54) is 0 Å². The average Bonchev–Trinajstić information content (AvgIpc) is 3.11. The average molecular weight is 470 g/mol. The summed E-state index contributed by atoms with van der Waals surface area (Å²) in [7, 11) is 1.66. The van der Waals surface area contributed by atoms with E-state index < -0.39 is 0 Å². The molecule has 0 atom stereocenters. The lowest BCUT2D eigenvalue weighted by molar-refractivity contribution is 0.414. The topological polar surface area (TPSA) is 76.4 Å². The van der Waals surface area contributed by atoms with Gasteiger partial charge in [-0.2, -0.15) is 0 Å². The number of aliphatic imine (C=N–C) groups is 1. The molecule has 8 heteroatoms. The fourth-order valence-electron chi connectivity index (χ4n) is 2.28. The fourth-order valence-corrected chi connectivity index (χ4v) is 2.28. The van der Waals surface area contributed by atoms with Gasteiger partial charge in [0.25, 0.3) is 0 Å². The molecule has 0 aliphatic carbocycles. The molecule has 0 radical (unpaired) electrons. The molecule has 2 rings (SSSR count). The number of nitrogens with zero attached hydrogens (tertiary/aromatic N) is 4. The van der Waals surface area contributed by atoms with E-state index in [1.54, 1.807) is 19.5 Å². The first kappa shape index (κ1) is 21.9. The highest BCUT2D eigenvalue weighted by Gasteiger charge is 2.02. The second-order valence-electron chi connectivity index (χ2n) is 5.40. The molecule has 0 unspecified atom stereocenters. The summed E-state index contributed by atoms with van der Waals surface area (Å²) in [6.45, 7) is 8.56. The molecule has 26 heavy (non-hydrogen) atoms. The van der Waals surface area contributed by atoms with Crippen molar-refractivity contribution in [2.45, 2.75) is 26.4 Å². The van der Waals surface area contributed by atoms with Crippen molar-refractivity contribution in [3.8, 4) is 5.75 Å². The number of halogens is 1. The first-order valence-electron chi connectivity index (χ1n) is 8.39. The van der Waals surface area contributed by atoms with E-state index in [1.807, 2.05) is 28.8 Å². The number of aromatic nitrogens is 3. The Hall–Kier alpha value is -2.10. The second-order valence-corrected chi connectivity index (χ2v) is 5.40. The lowest BCUT2D eigenvalue weighted by Gasteiger charge is -2.12. The van der Waals surface area contributed by atoms with Gasteiger partial charge in [-0.15, -0.1) is 40.8 Å². The van der Waals surface area contributed by atoms with Gasteiger partial charge in [-0.05, 0) is 17.7 Å². The van der Waals surface area contributed by atoms with E-state index in [0.29, 0.717) is 13.1 Å². The highest BCUT2D eigenvalue weighted by Crippen LogP contribution is 2.11. The minimum atomic E-state index is 0. The largest absolute Gasteiger partial charge is 0.497 e. The number of hydrogen-bond donors (Lipinski definition) is 2. The summed E-state index contributed by atoms with van der Waals surface area (Å²) in [6.07, 6.45) is 4.43. The number of nitrogens with one attached hydrogen (secondary N) is 2. The lowest BCUT2D eigenvalue weighted by atomic mass is 10.2. The van der Waals surface area contributed by atoms with Gasteiger partial charge in [0.15, 0.2) is 5.96 Å². The van der Waals surface area contributed by atoms with Crippen LogP contribution in [0.4, 0.5) is 0 Å². The maximum atomic E-state index is 5.17. The van der Waals surface area contributed by atoms with Gasteiger partial charge in [-0.25, -0.2) is 4.99 Å². The van der Waals surface area contributed by atoms with E-state index >= 15 is 0 Å². The number of rotatable bonds is 9. The molecular formula is C18H27IN6O. The molecule has 0 bridgehead atoms. The van der Waals surface area contributed by atoms with Crippen LogP contribution < -0.4 is 15.4 Å². The Kier molecular flexibility index (Phi) is 10.4. The summed E-state index contributed by atoms with van der Waals surface area (Å²) < 4.78 is 7.21. The van der Waals surface area contributed by atoms with Crippen molar-refractivity contribution >= 4 is 29.9 Å². The maximum absolute atomic E-state index is 5.17. The van der Waals surface area contributed by atoms with Gasteiger partial charge in [-0.3, -0.25) is 0 Å². The number of guanidine groups is 1. The number of aryl methyl sites for hydroxylation is 1. The molecule has 0 fully saturated rings. The van der Waals surface area contributed by atoms with Gasteiger partial charge >= 0.3 is 0 Å². The van der Waals surface area contributed by atoms with Crippen LogP contribution in [0.5, 0.6) is 5.75 Å². The summed E-state index contributed by atoms with van der Waals surface area (Å²) in [6, 6.07) is 7.90. The Morgan fingerprint density at radius 2 is 2.08 bits per heavy atom. The summed E-state index contributed by atoms with van der Waals surface area (Å²) in [5.41, 5.74) is 1.12. The maximum Gasteiger partial charge on any atom is 0.191 e. The first-order chi connectivity index (χ1) is 12.3. The number of ether oxygens (including phenoxy) is 1. The third-order valence-corrected chi connectivity index (χ3v) is 3.65. The van der Waals surface area contributed by atoms with Gasteiger partial charge in [0.2, 0.25) is 0 Å². The molecule has 0 saturated heterocycles. The van der Waals surface area contributed by atoms with Gasteiger partial charge in [0.05, 0.1) is 13.7 Å². The molecule has 0 aliphatic heterocycles. The summed E-state index contributed by atoms with van der Waals surface area (Å²) >= 11 is 0. The van der Waals surface area contributed by atoms with E-state index in [2.05, 4.69) is 39.3 Å². The van der Waals surface area contributed by atoms with Gasteiger partial charge in [0, 0.05) is 26.1 Å². The van der Waals surface area contributed by atoms with Crippen molar-refractivity contribution in [2.24, 2.45) is 4.99 Å². The van der Waals surface area contributed by atoms with Crippen LogP contribution in [-0.2, 0) is 19.5 Å². The minimum absolute atomic E-state index is 0. The zero-order valence-corrected chi connectivity index (χ0v) is 17.6. The molecule has 7 nitrogen and oxygen atoms in total. The van der Waals surface area contributed by atoms with Crippen LogP contribution in [0.2, 0.25) is 0 Å². The molecule has 142 valence electrons. The van der Waals surface area contributed by atoms with E-state index in [9.17, 15) is 0 Å². The first-order valence-corrected chi connectivity index (χ1v) is 8.39.